The van der Waals surface area contributed by atoms with Gasteiger partial charge in [0.25, 0.3) is 11.8 Å². The van der Waals surface area contributed by atoms with Gasteiger partial charge in [-0.15, -0.1) is 0 Å². The average molecular weight is 371 g/mol. The summed E-state index contributed by atoms with van der Waals surface area (Å²) in [6.45, 7) is 3.08. The van der Waals surface area contributed by atoms with Crippen LogP contribution >= 0.6 is 0 Å². The molecular formula is C23H21N3O2. The van der Waals surface area contributed by atoms with E-state index in [1.54, 1.807) is 17.0 Å². The van der Waals surface area contributed by atoms with Crippen LogP contribution in [-0.4, -0.2) is 23.3 Å². The maximum absolute atomic E-state index is 13.0. The molecule has 140 valence electrons. The summed E-state index contributed by atoms with van der Waals surface area (Å²) >= 11 is 0. The van der Waals surface area contributed by atoms with Crippen LogP contribution in [0.2, 0.25) is 0 Å². The van der Waals surface area contributed by atoms with Crippen molar-refractivity contribution in [2.24, 2.45) is 0 Å². The molecule has 0 atom stereocenters. The van der Waals surface area contributed by atoms with Gasteiger partial charge in [-0.25, -0.2) is 0 Å². The summed E-state index contributed by atoms with van der Waals surface area (Å²) in [6.07, 6.45) is 2.35. The van der Waals surface area contributed by atoms with Crippen LogP contribution < -0.4 is 10.2 Å². The fraction of sp³-hybridized carbons (Fsp3) is 0.174. The van der Waals surface area contributed by atoms with Crippen LogP contribution in [0.1, 0.15) is 37.5 Å². The number of pyridine rings is 1. The van der Waals surface area contributed by atoms with E-state index in [2.05, 4.69) is 10.3 Å². The maximum Gasteiger partial charge on any atom is 0.270 e. The van der Waals surface area contributed by atoms with Gasteiger partial charge in [-0.1, -0.05) is 48.0 Å². The van der Waals surface area contributed by atoms with E-state index in [1.165, 1.54) is 11.8 Å². The number of hydrogen-bond acceptors (Lipinski definition) is 3. The second kappa shape index (κ2) is 7.64. The zero-order valence-electron chi connectivity index (χ0n) is 15.7. The van der Waals surface area contributed by atoms with Gasteiger partial charge in [-0.3, -0.25) is 14.6 Å². The molecule has 0 bridgehead atoms. The Balaban J connectivity index is 1.48. The van der Waals surface area contributed by atoms with Crippen LogP contribution in [0.25, 0.3) is 0 Å². The zero-order valence-corrected chi connectivity index (χ0v) is 15.7. The molecule has 0 unspecified atom stereocenters. The molecule has 2 heterocycles. The Labute approximate surface area is 164 Å². The lowest BCUT2D eigenvalue weighted by Crippen LogP contribution is -2.29. The van der Waals surface area contributed by atoms with E-state index in [0.29, 0.717) is 18.7 Å². The number of nitrogens with one attached hydrogen (secondary N) is 1. The van der Waals surface area contributed by atoms with Crippen molar-refractivity contribution in [1.29, 1.82) is 0 Å². The third-order valence-corrected chi connectivity index (χ3v) is 4.91. The molecule has 5 nitrogen and oxygen atoms in total. The predicted octanol–water partition coefficient (Wildman–Crippen LogP) is 3.52. The van der Waals surface area contributed by atoms with Crippen LogP contribution in [0.3, 0.4) is 0 Å². The monoisotopic (exact) mass is 371 g/mol. The van der Waals surface area contributed by atoms with Crippen molar-refractivity contribution in [3.8, 4) is 0 Å². The Hall–Kier alpha value is -3.47. The molecule has 1 aromatic heterocycles. The van der Waals surface area contributed by atoms with E-state index in [1.807, 2.05) is 55.5 Å². The SMILES string of the molecule is Cc1cccc(CNC(=O)c2cc(C(=O)N3CCc4ccccc43)ccn2)c1. The fourth-order valence-electron chi connectivity index (χ4n) is 3.49. The molecule has 0 fully saturated rings. The molecule has 2 aromatic carbocycles. The lowest BCUT2D eigenvalue weighted by atomic mass is 10.1. The quantitative estimate of drug-likeness (QED) is 0.763. The Morgan fingerprint density at radius 1 is 1.07 bits per heavy atom. The number of benzene rings is 2. The van der Waals surface area contributed by atoms with E-state index >= 15 is 0 Å². The number of anilines is 1. The minimum absolute atomic E-state index is 0.111. The maximum atomic E-state index is 13.0. The van der Waals surface area contributed by atoms with Gasteiger partial charge in [0.1, 0.15) is 5.69 Å². The van der Waals surface area contributed by atoms with Gasteiger partial charge in [0.15, 0.2) is 0 Å². The number of fused-ring (bicyclic) bond motifs is 1. The molecule has 0 saturated heterocycles. The zero-order chi connectivity index (χ0) is 19.5. The molecule has 2 amide bonds. The highest BCUT2D eigenvalue weighted by Crippen LogP contribution is 2.28. The number of carbonyl (C=O) groups excluding carboxylic acids is 2. The lowest BCUT2D eigenvalue weighted by Gasteiger charge is -2.17. The first-order chi connectivity index (χ1) is 13.6. The van der Waals surface area contributed by atoms with Gasteiger partial charge in [-0.05, 0) is 42.7 Å². The molecule has 0 spiro atoms. The van der Waals surface area contributed by atoms with Crippen LogP contribution in [-0.2, 0) is 13.0 Å². The summed E-state index contributed by atoms with van der Waals surface area (Å²) in [5.74, 6) is -0.405. The first-order valence-corrected chi connectivity index (χ1v) is 9.31. The summed E-state index contributed by atoms with van der Waals surface area (Å²) in [5, 5.41) is 2.87. The highest BCUT2D eigenvalue weighted by molar-refractivity contribution is 6.08. The molecule has 0 radical (unpaired) electrons. The van der Waals surface area contributed by atoms with Gasteiger partial charge < -0.3 is 10.2 Å². The predicted molar refractivity (Wildman–Crippen MR) is 108 cm³/mol. The molecule has 0 saturated carbocycles. The summed E-state index contributed by atoms with van der Waals surface area (Å²) in [7, 11) is 0. The van der Waals surface area contributed by atoms with Gasteiger partial charge in [0.05, 0.1) is 0 Å². The number of hydrogen-bond donors (Lipinski definition) is 1. The van der Waals surface area contributed by atoms with Gasteiger partial charge >= 0.3 is 0 Å². The Bertz CT molecular complexity index is 1050. The van der Waals surface area contributed by atoms with E-state index in [9.17, 15) is 9.59 Å². The third-order valence-electron chi connectivity index (χ3n) is 4.91. The minimum Gasteiger partial charge on any atom is -0.347 e. The lowest BCUT2D eigenvalue weighted by molar-refractivity contribution is 0.0946. The van der Waals surface area contributed by atoms with Crippen molar-refractivity contribution in [1.82, 2.24) is 10.3 Å². The molecule has 1 aliphatic heterocycles. The smallest absolute Gasteiger partial charge is 0.270 e. The number of carbonyl (C=O) groups is 2. The molecule has 4 rings (SSSR count). The first kappa shape index (κ1) is 17.9. The number of aryl methyl sites for hydroxylation is 1. The van der Waals surface area contributed by atoms with Crippen LogP contribution in [0.4, 0.5) is 5.69 Å². The van der Waals surface area contributed by atoms with Crippen LogP contribution in [0.5, 0.6) is 0 Å². The van der Waals surface area contributed by atoms with Crippen molar-refractivity contribution in [2.45, 2.75) is 19.9 Å². The Morgan fingerprint density at radius 3 is 2.79 bits per heavy atom. The highest BCUT2D eigenvalue weighted by Gasteiger charge is 2.25. The summed E-state index contributed by atoms with van der Waals surface area (Å²) < 4.78 is 0. The molecule has 5 heteroatoms. The molecule has 1 N–H and O–H groups in total. The van der Waals surface area contributed by atoms with E-state index in [4.69, 9.17) is 0 Å². The normalized spacial score (nSPS) is 12.5. The van der Waals surface area contributed by atoms with Crippen molar-refractivity contribution < 1.29 is 9.59 Å². The van der Waals surface area contributed by atoms with Gasteiger partial charge in [0.2, 0.25) is 0 Å². The van der Waals surface area contributed by atoms with E-state index < -0.39 is 0 Å². The number of para-hydroxylation sites is 1. The van der Waals surface area contributed by atoms with Crippen molar-refractivity contribution in [3.05, 3.63) is 94.8 Å². The average Bonchev–Trinajstić information content (AvgIpc) is 3.16. The number of aromatic nitrogens is 1. The van der Waals surface area contributed by atoms with Gasteiger partial charge in [0, 0.05) is 30.5 Å². The second-order valence-electron chi connectivity index (χ2n) is 6.94. The molecular weight excluding hydrogens is 350 g/mol. The van der Waals surface area contributed by atoms with E-state index in [0.717, 1.165) is 23.2 Å². The summed E-state index contributed by atoms with van der Waals surface area (Å²) in [5.41, 5.74) is 4.98. The van der Waals surface area contributed by atoms with Crippen molar-refractivity contribution in [2.75, 3.05) is 11.4 Å². The Morgan fingerprint density at radius 2 is 1.93 bits per heavy atom. The fourth-order valence-corrected chi connectivity index (χ4v) is 3.49. The highest BCUT2D eigenvalue weighted by atomic mass is 16.2. The van der Waals surface area contributed by atoms with Crippen LogP contribution in [0, 0.1) is 6.92 Å². The molecule has 28 heavy (non-hydrogen) atoms. The second-order valence-corrected chi connectivity index (χ2v) is 6.94. The number of rotatable bonds is 4. The largest absolute Gasteiger partial charge is 0.347 e. The molecule has 1 aliphatic rings. The summed E-state index contributed by atoms with van der Waals surface area (Å²) in [6, 6.07) is 19.1. The standard InChI is InChI=1S/C23H21N3O2/c1-16-5-4-6-17(13-16)15-25-22(27)20-14-19(9-11-24-20)23(28)26-12-10-18-7-2-3-8-21(18)26/h2-9,11,13-14H,10,12,15H2,1H3,(H,25,27). The number of amides is 2. The van der Waals surface area contributed by atoms with E-state index in [-0.39, 0.29) is 17.5 Å². The Kier molecular flexibility index (Phi) is 4.89. The summed E-state index contributed by atoms with van der Waals surface area (Å²) in [4.78, 5) is 31.4. The van der Waals surface area contributed by atoms with Crippen molar-refractivity contribution >= 4 is 17.5 Å². The minimum atomic E-state index is -0.294. The van der Waals surface area contributed by atoms with Gasteiger partial charge in [-0.2, -0.15) is 0 Å². The molecule has 0 aliphatic carbocycles. The first-order valence-electron chi connectivity index (χ1n) is 9.31. The topological polar surface area (TPSA) is 62.3 Å². The van der Waals surface area contributed by atoms with Crippen LogP contribution in [0.15, 0.2) is 66.9 Å². The molecule has 3 aromatic rings. The van der Waals surface area contributed by atoms with Crippen molar-refractivity contribution in [3.63, 3.8) is 0 Å². The number of nitrogens with zero attached hydrogens (tertiary/aromatic N) is 2. The third kappa shape index (κ3) is 3.64.